The molecule has 6 heteroatoms. The largest absolute Gasteiger partial charge is 0.395 e. The summed E-state index contributed by atoms with van der Waals surface area (Å²) in [6.45, 7) is 0.901. The molecule has 20 heavy (non-hydrogen) atoms. The zero-order valence-corrected chi connectivity index (χ0v) is 12.4. The summed E-state index contributed by atoms with van der Waals surface area (Å²) in [6, 6.07) is 5.54. The molecule has 4 nitrogen and oxygen atoms in total. The van der Waals surface area contributed by atoms with Crippen LogP contribution in [0.1, 0.15) is 25.3 Å². The maximum absolute atomic E-state index is 13.3. The first-order valence-corrected chi connectivity index (χ1v) is 8.39. The summed E-state index contributed by atoms with van der Waals surface area (Å²) in [5, 5.41) is 19.1. The Labute approximate surface area is 119 Å². The van der Waals surface area contributed by atoms with E-state index in [1.807, 2.05) is 0 Å². The van der Waals surface area contributed by atoms with E-state index >= 15 is 0 Å². The molecule has 0 unspecified atom stereocenters. The van der Waals surface area contributed by atoms with Gasteiger partial charge in [0.15, 0.2) is 0 Å². The highest BCUT2D eigenvalue weighted by Crippen LogP contribution is 2.28. The van der Waals surface area contributed by atoms with Crippen molar-refractivity contribution in [3.05, 3.63) is 35.6 Å². The molecule has 2 N–H and O–H groups in total. The van der Waals surface area contributed by atoms with E-state index in [4.69, 9.17) is 0 Å². The lowest BCUT2D eigenvalue weighted by atomic mass is 9.79. The van der Waals surface area contributed by atoms with Crippen LogP contribution in [0.2, 0.25) is 0 Å². The summed E-state index contributed by atoms with van der Waals surface area (Å²) >= 11 is 0. The van der Waals surface area contributed by atoms with Crippen LogP contribution in [0.5, 0.6) is 0 Å². The average Bonchev–Trinajstić information content (AvgIpc) is 2.40. The van der Waals surface area contributed by atoms with Crippen molar-refractivity contribution in [2.24, 2.45) is 0 Å². The van der Waals surface area contributed by atoms with E-state index in [0.717, 1.165) is 0 Å². The summed E-state index contributed by atoms with van der Waals surface area (Å²) in [4.78, 5) is 0. The number of hydrogen-bond acceptors (Lipinski definition) is 4. The smallest absolute Gasteiger partial charge is 0.150 e. The van der Waals surface area contributed by atoms with E-state index in [1.54, 1.807) is 13.0 Å². The minimum absolute atomic E-state index is 0.0613. The molecule has 0 aliphatic carbocycles. The Morgan fingerprint density at radius 2 is 1.85 bits per heavy atom. The maximum Gasteiger partial charge on any atom is 0.150 e. The molecule has 0 saturated carbocycles. The molecule has 0 atom stereocenters. The molecule has 0 aliphatic rings. The fourth-order valence-corrected chi connectivity index (χ4v) is 3.65. The molecule has 0 saturated heterocycles. The summed E-state index contributed by atoms with van der Waals surface area (Å²) in [6.07, 6.45) is 0.583. The van der Waals surface area contributed by atoms with Crippen LogP contribution in [0.15, 0.2) is 24.3 Å². The lowest BCUT2D eigenvalue weighted by Crippen LogP contribution is -2.37. The Bertz CT molecular complexity index is 524. The topological polar surface area (TPSA) is 74.6 Å². The number of aliphatic hydroxyl groups is 2. The van der Waals surface area contributed by atoms with Gasteiger partial charge in [-0.15, -0.1) is 0 Å². The second-order valence-electron chi connectivity index (χ2n) is 5.01. The van der Waals surface area contributed by atoms with Crippen LogP contribution >= 0.6 is 0 Å². The molecule has 0 amide bonds. The number of benzene rings is 1. The summed E-state index contributed by atoms with van der Waals surface area (Å²) in [7, 11) is -3.22. The van der Waals surface area contributed by atoms with Gasteiger partial charge in [0.1, 0.15) is 15.7 Å². The van der Waals surface area contributed by atoms with Gasteiger partial charge in [-0.2, -0.15) is 0 Å². The van der Waals surface area contributed by atoms with Crippen molar-refractivity contribution in [1.82, 2.24) is 0 Å². The van der Waals surface area contributed by atoms with Crippen LogP contribution in [0.3, 0.4) is 0 Å². The number of rotatable bonds is 8. The van der Waals surface area contributed by atoms with Gasteiger partial charge >= 0.3 is 0 Å². The predicted molar refractivity (Wildman–Crippen MR) is 75.8 cm³/mol. The first-order valence-electron chi connectivity index (χ1n) is 6.57. The Kier molecular flexibility index (Phi) is 6.10. The number of sulfone groups is 1. The highest BCUT2D eigenvalue weighted by atomic mass is 32.2. The Morgan fingerprint density at radius 1 is 1.20 bits per heavy atom. The zero-order chi connectivity index (χ0) is 15.2. The van der Waals surface area contributed by atoms with Crippen LogP contribution in [-0.4, -0.2) is 43.4 Å². The summed E-state index contributed by atoms with van der Waals surface area (Å²) in [5.41, 5.74) is -0.725. The van der Waals surface area contributed by atoms with Gasteiger partial charge in [0, 0.05) is 11.2 Å². The molecule has 0 radical (unpaired) electrons. The normalized spacial score (nSPS) is 12.6. The number of hydrogen-bond donors (Lipinski definition) is 2. The van der Waals surface area contributed by atoms with Crippen LogP contribution in [-0.2, 0) is 15.3 Å². The van der Waals surface area contributed by atoms with Crippen molar-refractivity contribution in [2.75, 3.05) is 24.7 Å². The van der Waals surface area contributed by atoms with E-state index in [1.165, 1.54) is 18.2 Å². The van der Waals surface area contributed by atoms with Crippen LogP contribution in [0, 0.1) is 5.82 Å². The highest BCUT2D eigenvalue weighted by molar-refractivity contribution is 7.91. The zero-order valence-electron chi connectivity index (χ0n) is 11.5. The van der Waals surface area contributed by atoms with Crippen molar-refractivity contribution in [3.63, 3.8) is 0 Å². The Morgan fingerprint density at radius 3 is 2.35 bits per heavy atom. The third-order valence-electron chi connectivity index (χ3n) is 3.45. The van der Waals surface area contributed by atoms with Crippen molar-refractivity contribution >= 4 is 9.84 Å². The fraction of sp³-hybridized carbons (Fsp3) is 0.571. The third-order valence-corrected chi connectivity index (χ3v) is 5.31. The molecule has 0 bridgehead atoms. The highest BCUT2D eigenvalue weighted by Gasteiger charge is 2.32. The second-order valence-corrected chi connectivity index (χ2v) is 7.31. The first-order chi connectivity index (χ1) is 9.39. The van der Waals surface area contributed by atoms with Gasteiger partial charge in [-0.25, -0.2) is 12.8 Å². The average molecular weight is 304 g/mol. The minimum atomic E-state index is -3.22. The van der Waals surface area contributed by atoms with Crippen LogP contribution in [0.4, 0.5) is 4.39 Å². The first kappa shape index (κ1) is 17.1. The lowest BCUT2D eigenvalue weighted by molar-refractivity contribution is 0.113. The maximum atomic E-state index is 13.3. The SMILES string of the molecule is CCCS(=O)(=O)CCC(CO)(CO)c1cccc(F)c1. The molecular formula is C14H21FO4S. The molecule has 1 aromatic rings. The Hall–Kier alpha value is -0.980. The van der Waals surface area contributed by atoms with Crippen molar-refractivity contribution in [1.29, 1.82) is 0 Å². The van der Waals surface area contributed by atoms with Crippen molar-refractivity contribution < 1.29 is 23.0 Å². The molecule has 0 fully saturated rings. The Balaban J connectivity index is 2.99. The van der Waals surface area contributed by atoms with Crippen molar-refractivity contribution in [3.8, 4) is 0 Å². The molecular weight excluding hydrogens is 283 g/mol. The van der Waals surface area contributed by atoms with Gasteiger partial charge in [0.25, 0.3) is 0 Å². The molecule has 1 aromatic carbocycles. The molecule has 114 valence electrons. The van der Waals surface area contributed by atoms with Gasteiger partial charge in [-0.3, -0.25) is 0 Å². The van der Waals surface area contributed by atoms with Crippen molar-refractivity contribution in [2.45, 2.75) is 25.2 Å². The molecule has 0 spiro atoms. The van der Waals surface area contributed by atoms with E-state index in [0.29, 0.717) is 12.0 Å². The lowest BCUT2D eigenvalue weighted by Gasteiger charge is -2.30. The van der Waals surface area contributed by atoms with Gasteiger partial charge < -0.3 is 10.2 Å². The number of aliphatic hydroxyl groups excluding tert-OH is 2. The summed E-state index contributed by atoms with van der Waals surface area (Å²) < 4.78 is 36.8. The fourth-order valence-electron chi connectivity index (χ4n) is 2.12. The van der Waals surface area contributed by atoms with Crippen LogP contribution in [0.25, 0.3) is 0 Å². The van der Waals surface area contributed by atoms with E-state index < -0.39 is 34.3 Å². The molecule has 0 aromatic heterocycles. The second kappa shape index (κ2) is 7.15. The van der Waals surface area contributed by atoms with Gasteiger partial charge in [0.05, 0.1) is 19.0 Å². The van der Waals surface area contributed by atoms with E-state index in [9.17, 15) is 23.0 Å². The van der Waals surface area contributed by atoms with Gasteiger partial charge in [-0.05, 0) is 30.5 Å². The van der Waals surface area contributed by atoms with Gasteiger partial charge in [0.2, 0.25) is 0 Å². The molecule has 1 rings (SSSR count). The van der Waals surface area contributed by atoms with Gasteiger partial charge in [-0.1, -0.05) is 19.1 Å². The van der Waals surface area contributed by atoms with E-state index in [2.05, 4.69) is 0 Å². The molecule has 0 aliphatic heterocycles. The standard InChI is InChI=1S/C14H21FO4S/c1-2-7-20(18,19)8-6-14(10-16,11-17)12-4-3-5-13(15)9-12/h3-5,9,16-17H,2,6-8,10-11H2,1H3. The monoisotopic (exact) mass is 304 g/mol. The van der Waals surface area contributed by atoms with Crippen LogP contribution < -0.4 is 0 Å². The third kappa shape index (κ3) is 4.26. The predicted octanol–water partition coefficient (Wildman–Crippen LogP) is 1.26. The summed E-state index contributed by atoms with van der Waals surface area (Å²) in [5.74, 6) is -0.549. The van der Waals surface area contributed by atoms with E-state index in [-0.39, 0.29) is 17.9 Å². The number of halogens is 1. The molecule has 0 heterocycles. The minimum Gasteiger partial charge on any atom is -0.395 e. The quantitative estimate of drug-likeness (QED) is 0.758.